The van der Waals surface area contributed by atoms with E-state index in [4.69, 9.17) is 9.90 Å². The summed E-state index contributed by atoms with van der Waals surface area (Å²) in [5, 5.41) is 1.88. The Morgan fingerprint density at radius 2 is 1.11 bits per heavy atom. The van der Waals surface area contributed by atoms with Gasteiger partial charge in [0.05, 0.1) is 15.3 Å². The molecule has 0 radical (unpaired) electrons. The number of benzene rings is 8. The van der Waals surface area contributed by atoms with Gasteiger partial charge in [0.1, 0.15) is 11.2 Å². The molecule has 1 aliphatic rings. The molecule has 1 heterocycles. The smallest absolute Gasteiger partial charge is 0.136 e. The average Bonchev–Trinajstić information content (AvgIpc) is 3.78. The molecule has 8 aromatic carbocycles. The predicted molar refractivity (Wildman–Crippen MR) is 222 cm³/mol. The van der Waals surface area contributed by atoms with Crippen LogP contribution in [0.5, 0.6) is 0 Å². The van der Waals surface area contributed by atoms with Crippen molar-refractivity contribution in [3.63, 3.8) is 0 Å². The maximum atomic E-state index is 10.2. The van der Waals surface area contributed by atoms with Crippen molar-refractivity contribution in [2.45, 2.75) is 19.3 Å². The normalized spacial score (nSPS) is 14.7. The molecule has 0 saturated heterocycles. The van der Waals surface area contributed by atoms with Crippen molar-refractivity contribution in [2.24, 2.45) is 0 Å². The van der Waals surface area contributed by atoms with Crippen molar-refractivity contribution < 1.29 is 14.0 Å². The molecule has 1 aromatic heterocycles. The Morgan fingerprint density at radius 3 is 1.89 bits per heavy atom. The van der Waals surface area contributed by atoms with Crippen molar-refractivity contribution in [3.05, 3.63) is 199 Å². The Bertz CT molecular complexity index is 3150. The maximum absolute atomic E-state index is 10.2. The first-order chi connectivity index (χ1) is 29.0. The molecular formula is C51H37NO. The molecule has 0 N–H and O–H groups in total. The zero-order valence-corrected chi connectivity index (χ0v) is 29.2. The van der Waals surface area contributed by atoms with Gasteiger partial charge in [-0.3, -0.25) is 0 Å². The van der Waals surface area contributed by atoms with E-state index in [0.29, 0.717) is 22.5 Å². The minimum atomic E-state index is -1.11. The summed E-state index contributed by atoms with van der Waals surface area (Å²) in [6, 6.07) is 46.5. The highest BCUT2D eigenvalue weighted by molar-refractivity contribution is 6.14. The second-order valence-electron chi connectivity index (χ2n) is 14.0. The molecule has 0 bridgehead atoms. The van der Waals surface area contributed by atoms with E-state index in [1.54, 1.807) is 0 Å². The van der Waals surface area contributed by atoms with Crippen molar-refractivity contribution in [2.75, 3.05) is 4.90 Å². The first kappa shape index (κ1) is 24.5. The molecule has 0 saturated carbocycles. The van der Waals surface area contributed by atoms with Crippen molar-refractivity contribution in [3.8, 4) is 44.5 Å². The van der Waals surface area contributed by atoms with E-state index >= 15 is 0 Å². The highest BCUT2D eigenvalue weighted by Crippen LogP contribution is 2.52. The first-order valence-corrected chi connectivity index (χ1v) is 17.8. The van der Waals surface area contributed by atoms with E-state index in [-0.39, 0.29) is 53.1 Å². The number of hydrogen-bond donors (Lipinski definition) is 0. The summed E-state index contributed by atoms with van der Waals surface area (Å²) in [5.41, 5.74) is 8.44. The van der Waals surface area contributed by atoms with E-state index in [9.17, 15) is 4.11 Å². The van der Waals surface area contributed by atoms with Crippen LogP contribution < -0.4 is 4.90 Å². The molecule has 2 nitrogen and oxygen atoms in total. The van der Waals surface area contributed by atoms with Crippen LogP contribution in [0.4, 0.5) is 17.1 Å². The van der Waals surface area contributed by atoms with Gasteiger partial charge < -0.3 is 9.32 Å². The van der Waals surface area contributed by atoms with Crippen LogP contribution in [-0.4, -0.2) is 0 Å². The van der Waals surface area contributed by atoms with E-state index in [2.05, 4.69) is 48.5 Å². The fraction of sp³-hybridized carbons (Fsp3) is 0.0588. The standard InChI is InChI=1S/C51H37NO/c1-51(2)45-24-12-9-20-40(45)41-29-28-38(33-46(41)51)52(39-31-36(34-16-5-3-6-17-34)30-37(32-39)35-18-7-4-8-19-35)47-25-13-10-21-42(47)43-23-15-27-49-50(43)44-22-11-14-26-48(44)53-49/h3-33H,1-2H3/i9D,12D,20D,24D,28D,29D,33D. The van der Waals surface area contributed by atoms with Crippen LogP contribution in [0.3, 0.4) is 0 Å². The summed E-state index contributed by atoms with van der Waals surface area (Å²) < 4.78 is 71.3. The third-order valence-corrected chi connectivity index (χ3v) is 10.4. The molecule has 0 atom stereocenters. The summed E-state index contributed by atoms with van der Waals surface area (Å²) in [5.74, 6) is 0. The monoisotopic (exact) mass is 686 g/mol. The van der Waals surface area contributed by atoms with Gasteiger partial charge in [0.2, 0.25) is 0 Å². The Kier molecular flexibility index (Phi) is 5.67. The third-order valence-electron chi connectivity index (χ3n) is 10.4. The fourth-order valence-electron chi connectivity index (χ4n) is 7.88. The SMILES string of the molecule is [2H]c1c([2H])c([2H])c2c(c1[2H])-c1c([2H])c([2H])c(N(c3cc(-c4ccccc4)cc(-c4ccccc4)c3)c3ccccc3-c3cccc4oc5ccccc5c34)c([2H])c1C2(C)C. The highest BCUT2D eigenvalue weighted by Gasteiger charge is 2.36. The maximum Gasteiger partial charge on any atom is 0.136 e. The molecule has 0 fully saturated rings. The molecule has 10 rings (SSSR count). The third kappa shape index (κ3) is 5.10. The van der Waals surface area contributed by atoms with Crippen molar-refractivity contribution >= 4 is 39.0 Å². The summed E-state index contributed by atoms with van der Waals surface area (Å²) in [7, 11) is 0. The molecule has 9 aromatic rings. The first-order valence-electron chi connectivity index (χ1n) is 21.3. The molecule has 0 amide bonds. The van der Waals surface area contributed by atoms with Gasteiger partial charge in [-0.15, -0.1) is 0 Å². The number of hydrogen-bond acceptors (Lipinski definition) is 2. The number of rotatable bonds is 6. The Labute approximate surface area is 320 Å². The Morgan fingerprint density at radius 1 is 0.491 bits per heavy atom. The minimum absolute atomic E-state index is 0.0304. The average molecular weight is 687 g/mol. The Hall–Kier alpha value is -6.64. The van der Waals surface area contributed by atoms with Gasteiger partial charge in [-0.1, -0.05) is 153 Å². The van der Waals surface area contributed by atoms with Gasteiger partial charge in [-0.25, -0.2) is 0 Å². The molecule has 2 heteroatoms. The number of anilines is 3. The number of furan rings is 1. The quantitative estimate of drug-likeness (QED) is 0.173. The lowest BCUT2D eigenvalue weighted by Crippen LogP contribution is -2.17. The van der Waals surface area contributed by atoms with Crippen molar-refractivity contribution in [1.29, 1.82) is 0 Å². The van der Waals surface area contributed by atoms with Gasteiger partial charge in [-0.2, -0.15) is 0 Å². The lowest BCUT2D eigenvalue weighted by atomic mass is 9.82. The predicted octanol–water partition coefficient (Wildman–Crippen LogP) is 14.4. The second kappa shape index (κ2) is 12.3. The summed E-state index contributed by atoms with van der Waals surface area (Å²) in [6.45, 7) is 3.69. The van der Waals surface area contributed by atoms with Crippen LogP contribution in [0.15, 0.2) is 192 Å². The highest BCUT2D eigenvalue weighted by atomic mass is 16.3. The Balaban J connectivity index is 1.33. The van der Waals surface area contributed by atoms with Gasteiger partial charge in [0.25, 0.3) is 0 Å². The lowest BCUT2D eigenvalue weighted by molar-refractivity contribution is 0.660. The van der Waals surface area contributed by atoms with Crippen LogP contribution in [0, 0.1) is 0 Å². The fourth-order valence-corrected chi connectivity index (χ4v) is 7.88. The van der Waals surface area contributed by atoms with E-state index < -0.39 is 11.5 Å². The van der Waals surface area contributed by atoms with E-state index in [1.807, 2.05) is 116 Å². The molecule has 252 valence electrons. The van der Waals surface area contributed by atoms with Crippen LogP contribution in [-0.2, 0) is 5.41 Å². The number of nitrogens with zero attached hydrogens (tertiary/aromatic N) is 1. The van der Waals surface area contributed by atoms with Crippen molar-refractivity contribution in [1.82, 2.24) is 0 Å². The van der Waals surface area contributed by atoms with Crippen LogP contribution >= 0.6 is 0 Å². The second-order valence-corrected chi connectivity index (χ2v) is 14.0. The van der Waals surface area contributed by atoms with Gasteiger partial charge >= 0.3 is 0 Å². The summed E-state index contributed by atoms with van der Waals surface area (Å²) in [4.78, 5) is 1.92. The molecule has 0 unspecified atom stereocenters. The van der Waals surface area contributed by atoms with Gasteiger partial charge in [0.15, 0.2) is 0 Å². The molecule has 1 aliphatic carbocycles. The molecule has 53 heavy (non-hydrogen) atoms. The van der Waals surface area contributed by atoms with Gasteiger partial charge in [0, 0.05) is 33.1 Å². The molecular weight excluding hydrogens is 643 g/mol. The van der Waals surface area contributed by atoms with E-state index in [0.717, 1.165) is 55.3 Å². The van der Waals surface area contributed by atoms with E-state index in [1.165, 1.54) is 0 Å². The van der Waals surface area contributed by atoms with Crippen LogP contribution in [0.2, 0.25) is 0 Å². The van der Waals surface area contributed by atoms with Gasteiger partial charge in [-0.05, 0) is 98.6 Å². The lowest BCUT2D eigenvalue weighted by Gasteiger charge is -2.30. The topological polar surface area (TPSA) is 16.4 Å². The zero-order chi connectivity index (χ0) is 41.6. The summed E-state index contributed by atoms with van der Waals surface area (Å²) >= 11 is 0. The van der Waals surface area contributed by atoms with Crippen LogP contribution in [0.1, 0.15) is 34.6 Å². The largest absolute Gasteiger partial charge is 0.456 e. The number of fused-ring (bicyclic) bond motifs is 6. The molecule has 0 spiro atoms. The zero-order valence-electron chi connectivity index (χ0n) is 36.2. The summed E-state index contributed by atoms with van der Waals surface area (Å²) in [6.07, 6.45) is 0. The molecule has 0 aliphatic heterocycles. The minimum Gasteiger partial charge on any atom is -0.456 e. The van der Waals surface area contributed by atoms with Crippen LogP contribution in [0.25, 0.3) is 66.4 Å². The number of para-hydroxylation sites is 2.